The van der Waals surface area contributed by atoms with Crippen LogP contribution in [-0.2, 0) is 9.47 Å². The van der Waals surface area contributed by atoms with E-state index in [2.05, 4.69) is 18.8 Å². The Balaban J connectivity index is 1.96. The van der Waals surface area contributed by atoms with Crippen molar-refractivity contribution in [1.82, 2.24) is 5.32 Å². The van der Waals surface area contributed by atoms with Gasteiger partial charge < -0.3 is 14.8 Å². The normalized spacial score (nSPS) is 21.4. The van der Waals surface area contributed by atoms with Crippen molar-refractivity contribution in [1.29, 1.82) is 0 Å². The van der Waals surface area contributed by atoms with Crippen molar-refractivity contribution in [2.24, 2.45) is 0 Å². The molecule has 1 saturated heterocycles. The van der Waals surface area contributed by atoms with Crippen LogP contribution in [0.5, 0.6) is 0 Å². The average molecular weight is 199 g/mol. The quantitative estimate of drug-likeness (QED) is 0.496. The minimum Gasteiger partial charge on any atom is -0.379 e. The molecular weight excluding hydrogens is 178 g/mol. The number of rotatable bonds is 7. The third kappa shape index (κ3) is 4.74. The first kappa shape index (κ1) is 11.7. The maximum Gasteiger partial charge on any atom is 0.0834 e. The summed E-state index contributed by atoms with van der Waals surface area (Å²) in [7, 11) is 0. The molecule has 0 spiro atoms. The van der Waals surface area contributed by atoms with Crippen molar-refractivity contribution < 1.29 is 9.47 Å². The van der Waals surface area contributed by atoms with Crippen molar-refractivity contribution in [2.75, 3.05) is 32.9 Å². The van der Waals surface area contributed by atoms with Crippen LogP contribution in [0.1, 0.15) is 19.8 Å². The van der Waals surface area contributed by atoms with Gasteiger partial charge in [0.25, 0.3) is 0 Å². The van der Waals surface area contributed by atoms with Gasteiger partial charge >= 0.3 is 0 Å². The molecule has 0 aromatic carbocycles. The van der Waals surface area contributed by atoms with Crippen LogP contribution in [-0.4, -0.2) is 39.0 Å². The molecule has 0 saturated carbocycles. The lowest BCUT2D eigenvalue weighted by molar-refractivity contribution is 0.0559. The molecule has 0 amide bonds. The summed E-state index contributed by atoms with van der Waals surface area (Å²) in [5.74, 6) is 0. The van der Waals surface area contributed by atoms with E-state index in [-0.39, 0.29) is 6.10 Å². The van der Waals surface area contributed by atoms with Gasteiger partial charge in [-0.2, -0.15) is 0 Å². The van der Waals surface area contributed by atoms with Crippen LogP contribution < -0.4 is 5.32 Å². The van der Waals surface area contributed by atoms with Gasteiger partial charge in [0.05, 0.1) is 19.3 Å². The Morgan fingerprint density at radius 3 is 3.14 bits per heavy atom. The fraction of sp³-hybridized carbons (Fsp3) is 0.818. The summed E-state index contributed by atoms with van der Waals surface area (Å²) in [6, 6.07) is 0. The summed E-state index contributed by atoms with van der Waals surface area (Å²) in [5.41, 5.74) is 1.12. The van der Waals surface area contributed by atoms with Crippen LogP contribution >= 0.6 is 0 Å². The molecule has 1 unspecified atom stereocenters. The van der Waals surface area contributed by atoms with E-state index in [0.29, 0.717) is 6.61 Å². The smallest absolute Gasteiger partial charge is 0.0834 e. The summed E-state index contributed by atoms with van der Waals surface area (Å²) in [6.45, 7) is 10.3. The Bertz CT molecular complexity index is 165. The first-order valence-electron chi connectivity index (χ1n) is 5.39. The second-order valence-corrected chi connectivity index (χ2v) is 3.72. The Morgan fingerprint density at radius 1 is 1.64 bits per heavy atom. The molecule has 1 aliphatic heterocycles. The fourth-order valence-electron chi connectivity index (χ4n) is 1.37. The molecular formula is C11H21NO2. The highest BCUT2D eigenvalue weighted by Crippen LogP contribution is 2.08. The van der Waals surface area contributed by atoms with Gasteiger partial charge in [0.2, 0.25) is 0 Å². The molecule has 0 radical (unpaired) electrons. The Kier molecular flexibility index (Phi) is 5.83. The first-order chi connectivity index (χ1) is 6.83. The van der Waals surface area contributed by atoms with Crippen molar-refractivity contribution in [3.05, 3.63) is 12.2 Å². The van der Waals surface area contributed by atoms with Crippen LogP contribution in [0.4, 0.5) is 0 Å². The second kappa shape index (κ2) is 6.98. The number of nitrogens with one attached hydrogen (secondary N) is 1. The topological polar surface area (TPSA) is 30.5 Å². The molecule has 1 fully saturated rings. The van der Waals surface area contributed by atoms with Gasteiger partial charge in [-0.25, -0.2) is 0 Å². The van der Waals surface area contributed by atoms with Gasteiger partial charge in [0.15, 0.2) is 0 Å². The van der Waals surface area contributed by atoms with E-state index in [1.165, 1.54) is 0 Å². The first-order valence-corrected chi connectivity index (χ1v) is 5.39. The predicted molar refractivity (Wildman–Crippen MR) is 57.5 cm³/mol. The number of hydrogen-bond donors (Lipinski definition) is 1. The van der Waals surface area contributed by atoms with Crippen LogP contribution in [0.15, 0.2) is 12.2 Å². The summed E-state index contributed by atoms with van der Waals surface area (Å²) >= 11 is 0. The molecule has 1 N–H and O–H groups in total. The molecule has 0 aliphatic carbocycles. The zero-order valence-corrected chi connectivity index (χ0v) is 9.05. The van der Waals surface area contributed by atoms with Crippen LogP contribution in [0.2, 0.25) is 0 Å². The molecule has 1 aliphatic rings. The van der Waals surface area contributed by atoms with Crippen LogP contribution in [0.3, 0.4) is 0 Å². The summed E-state index contributed by atoms with van der Waals surface area (Å²) in [4.78, 5) is 0. The number of hydrogen-bond acceptors (Lipinski definition) is 3. The van der Waals surface area contributed by atoms with Gasteiger partial charge in [0.1, 0.15) is 0 Å². The van der Waals surface area contributed by atoms with Crippen molar-refractivity contribution in [3.63, 3.8) is 0 Å². The molecule has 0 bridgehead atoms. The SMILES string of the molecule is C=C(CNCCC)COC1CCOC1. The van der Waals surface area contributed by atoms with Gasteiger partial charge in [0, 0.05) is 13.2 Å². The maximum absolute atomic E-state index is 5.63. The van der Waals surface area contributed by atoms with E-state index in [0.717, 1.165) is 44.7 Å². The summed E-state index contributed by atoms with van der Waals surface area (Å²) < 4.78 is 10.8. The Hall–Kier alpha value is -0.380. The summed E-state index contributed by atoms with van der Waals surface area (Å²) in [6.07, 6.45) is 2.47. The van der Waals surface area contributed by atoms with E-state index in [1.807, 2.05) is 0 Å². The van der Waals surface area contributed by atoms with E-state index >= 15 is 0 Å². The largest absolute Gasteiger partial charge is 0.379 e. The summed E-state index contributed by atoms with van der Waals surface area (Å²) in [5, 5.41) is 3.30. The lowest BCUT2D eigenvalue weighted by Gasteiger charge is -2.11. The van der Waals surface area contributed by atoms with Crippen molar-refractivity contribution in [3.8, 4) is 0 Å². The fourth-order valence-corrected chi connectivity index (χ4v) is 1.37. The Morgan fingerprint density at radius 2 is 2.50 bits per heavy atom. The third-order valence-corrected chi connectivity index (χ3v) is 2.21. The highest BCUT2D eigenvalue weighted by Gasteiger charge is 2.15. The van der Waals surface area contributed by atoms with Gasteiger partial charge in [-0.15, -0.1) is 0 Å². The van der Waals surface area contributed by atoms with Crippen molar-refractivity contribution >= 4 is 0 Å². The van der Waals surface area contributed by atoms with Crippen molar-refractivity contribution in [2.45, 2.75) is 25.9 Å². The van der Waals surface area contributed by atoms with Crippen LogP contribution in [0, 0.1) is 0 Å². The lowest BCUT2D eigenvalue weighted by atomic mass is 10.3. The predicted octanol–water partition coefficient (Wildman–Crippen LogP) is 1.35. The van der Waals surface area contributed by atoms with Gasteiger partial charge in [-0.05, 0) is 25.0 Å². The highest BCUT2D eigenvalue weighted by molar-refractivity contribution is 4.97. The zero-order chi connectivity index (χ0) is 10.2. The van der Waals surface area contributed by atoms with E-state index in [4.69, 9.17) is 9.47 Å². The molecule has 14 heavy (non-hydrogen) atoms. The molecule has 82 valence electrons. The molecule has 3 heteroatoms. The molecule has 3 nitrogen and oxygen atoms in total. The van der Waals surface area contributed by atoms with Crippen LogP contribution in [0.25, 0.3) is 0 Å². The third-order valence-electron chi connectivity index (χ3n) is 2.21. The molecule has 1 rings (SSSR count). The molecule has 1 heterocycles. The van der Waals surface area contributed by atoms with Gasteiger partial charge in [-0.1, -0.05) is 13.5 Å². The molecule has 0 aromatic rings. The monoisotopic (exact) mass is 199 g/mol. The average Bonchev–Trinajstić information content (AvgIpc) is 2.68. The minimum atomic E-state index is 0.290. The highest BCUT2D eigenvalue weighted by atomic mass is 16.5. The van der Waals surface area contributed by atoms with E-state index in [9.17, 15) is 0 Å². The molecule has 1 atom stereocenters. The van der Waals surface area contributed by atoms with E-state index in [1.54, 1.807) is 0 Å². The van der Waals surface area contributed by atoms with E-state index < -0.39 is 0 Å². The van der Waals surface area contributed by atoms with Gasteiger partial charge in [-0.3, -0.25) is 0 Å². The lowest BCUT2D eigenvalue weighted by Crippen LogP contribution is -2.21. The minimum absolute atomic E-state index is 0.290. The second-order valence-electron chi connectivity index (χ2n) is 3.72. The Labute approximate surface area is 86.5 Å². The number of ether oxygens (including phenoxy) is 2. The zero-order valence-electron chi connectivity index (χ0n) is 9.05. The standard InChI is InChI=1S/C11H21NO2/c1-3-5-12-7-10(2)8-14-11-4-6-13-9-11/h11-12H,2-9H2,1H3. The molecule has 0 aromatic heterocycles. The maximum atomic E-state index is 5.63.